The van der Waals surface area contributed by atoms with Crippen molar-refractivity contribution >= 4 is 92.9 Å². The second-order valence-corrected chi connectivity index (χ2v) is 2.43. The second-order valence-electron chi connectivity index (χ2n) is 2.43. The Morgan fingerprint density at radius 3 is 2.43 bits per heavy atom. The van der Waals surface area contributed by atoms with Crippen LogP contribution < -0.4 is 16.8 Å². The van der Waals surface area contributed by atoms with E-state index in [2.05, 4.69) is 5.32 Å². The maximum atomic E-state index is 10.2. The molecule has 0 fully saturated rings. The molecule has 0 aliphatic rings. The van der Waals surface area contributed by atoms with Crippen LogP contribution in [0.1, 0.15) is 12.8 Å². The molecule has 0 saturated heterocycles. The number of hydrogen-bond acceptors (Lipinski definition) is 3. The molecule has 0 aliphatic heterocycles. The number of carboxylic acids is 1. The first-order valence-electron chi connectivity index (χ1n) is 3.60. The standard InChI is InChI=1S/C6H14N4O2.K.Na.2H/c7-4(5(11)12)2-1-3-10-6(8)9;;;;/h4H,1-3,7H2,(H,11,12)(H4,8,9,10);;;;/t4-;;;;/m0..../s1. The predicted molar refractivity (Wildman–Crippen MR) is 59.1 cm³/mol. The van der Waals surface area contributed by atoms with Gasteiger partial charge < -0.3 is 21.9 Å². The summed E-state index contributed by atoms with van der Waals surface area (Å²) in [6.07, 6.45) is 0.975. The minimum atomic E-state index is -1.00. The van der Waals surface area contributed by atoms with E-state index in [1.807, 2.05) is 0 Å². The van der Waals surface area contributed by atoms with E-state index in [4.69, 9.17) is 22.0 Å². The van der Waals surface area contributed by atoms with Gasteiger partial charge in [-0.3, -0.25) is 10.2 Å². The molecule has 0 rings (SSSR count). The van der Waals surface area contributed by atoms with E-state index in [1.54, 1.807) is 0 Å². The maximum absolute atomic E-state index is 10.2. The van der Waals surface area contributed by atoms with Crippen molar-refractivity contribution in [2.24, 2.45) is 11.5 Å². The molecule has 74 valence electrons. The number of carboxylic acid groups (broad SMARTS) is 1. The molecule has 0 aliphatic carbocycles. The van der Waals surface area contributed by atoms with Crippen LogP contribution in [0.4, 0.5) is 0 Å². The Morgan fingerprint density at radius 2 is 2.07 bits per heavy atom. The van der Waals surface area contributed by atoms with Gasteiger partial charge in [-0.15, -0.1) is 0 Å². The van der Waals surface area contributed by atoms with Crippen LogP contribution in [0, 0.1) is 5.41 Å². The van der Waals surface area contributed by atoms with Crippen molar-refractivity contribution in [2.45, 2.75) is 18.9 Å². The van der Waals surface area contributed by atoms with Gasteiger partial charge in [-0.1, -0.05) is 0 Å². The van der Waals surface area contributed by atoms with Crippen molar-refractivity contribution in [1.82, 2.24) is 5.32 Å². The minimum absolute atomic E-state index is 0. The van der Waals surface area contributed by atoms with Crippen molar-refractivity contribution in [2.75, 3.05) is 6.54 Å². The third-order valence-corrected chi connectivity index (χ3v) is 1.32. The Kier molecular flexibility index (Phi) is 18.4. The third kappa shape index (κ3) is 13.3. The summed E-state index contributed by atoms with van der Waals surface area (Å²) in [6, 6.07) is -0.821. The average Bonchev–Trinajstić information content (AvgIpc) is 1.97. The van der Waals surface area contributed by atoms with E-state index >= 15 is 0 Å². The molecule has 1 atom stereocenters. The topological polar surface area (TPSA) is 125 Å². The average molecular weight is 238 g/mol. The molecule has 8 heteroatoms. The SMILES string of the molecule is N=C(N)NCCC[C@H](N)C(=O)O.[KH].[NaH]. The monoisotopic (exact) mass is 238 g/mol. The Labute approximate surface area is 148 Å². The van der Waals surface area contributed by atoms with Crippen molar-refractivity contribution in [3.8, 4) is 0 Å². The van der Waals surface area contributed by atoms with Crippen molar-refractivity contribution in [3.63, 3.8) is 0 Å². The van der Waals surface area contributed by atoms with Crippen LogP contribution in [0.2, 0.25) is 0 Å². The molecule has 0 heterocycles. The number of nitrogens with one attached hydrogen (secondary N) is 2. The molecule has 0 radical (unpaired) electrons. The van der Waals surface area contributed by atoms with Crippen LogP contribution in [-0.2, 0) is 4.79 Å². The molecule has 7 N–H and O–H groups in total. The van der Waals surface area contributed by atoms with E-state index in [0.29, 0.717) is 19.4 Å². The number of hydrogen-bond donors (Lipinski definition) is 5. The molecule has 0 spiro atoms. The summed E-state index contributed by atoms with van der Waals surface area (Å²) in [5.41, 5.74) is 10.2. The third-order valence-electron chi connectivity index (χ3n) is 1.32. The first kappa shape index (κ1) is 20.7. The summed E-state index contributed by atoms with van der Waals surface area (Å²) < 4.78 is 0. The Bertz CT molecular complexity index is 181. The number of aliphatic carboxylic acids is 1. The fourth-order valence-corrected chi connectivity index (χ4v) is 0.669. The molecule has 0 aromatic carbocycles. The van der Waals surface area contributed by atoms with Gasteiger partial charge in [0.2, 0.25) is 0 Å². The summed E-state index contributed by atoms with van der Waals surface area (Å²) in [4.78, 5) is 10.2. The van der Waals surface area contributed by atoms with Crippen LogP contribution in [-0.4, -0.2) is 111 Å². The van der Waals surface area contributed by atoms with Gasteiger partial charge in [0.1, 0.15) is 6.04 Å². The normalized spacial score (nSPS) is 10.4. The molecular formula is C6H16KN4NaO2. The van der Waals surface area contributed by atoms with Crippen LogP contribution in [0.15, 0.2) is 0 Å². The summed E-state index contributed by atoms with van der Waals surface area (Å²) in [5, 5.41) is 17.7. The molecule has 0 bridgehead atoms. The number of guanidine groups is 1. The van der Waals surface area contributed by atoms with Crippen LogP contribution >= 0.6 is 0 Å². The summed E-state index contributed by atoms with van der Waals surface area (Å²) in [6.45, 7) is 0.482. The zero-order chi connectivity index (χ0) is 9.56. The zero-order valence-corrected chi connectivity index (χ0v) is 6.71. The van der Waals surface area contributed by atoms with Gasteiger partial charge in [-0.2, -0.15) is 0 Å². The summed E-state index contributed by atoms with van der Waals surface area (Å²) >= 11 is 0. The first-order chi connectivity index (χ1) is 5.54. The molecule has 0 aromatic rings. The van der Waals surface area contributed by atoms with E-state index in [-0.39, 0.29) is 86.9 Å². The van der Waals surface area contributed by atoms with E-state index in [1.165, 1.54) is 0 Å². The number of carbonyl (C=O) groups is 1. The fraction of sp³-hybridized carbons (Fsp3) is 0.667. The Morgan fingerprint density at radius 1 is 1.57 bits per heavy atom. The van der Waals surface area contributed by atoms with Gasteiger partial charge in [-0.25, -0.2) is 0 Å². The summed E-state index contributed by atoms with van der Waals surface area (Å²) in [5.74, 6) is -1.11. The quantitative estimate of drug-likeness (QED) is 0.155. The van der Waals surface area contributed by atoms with Gasteiger partial charge in [0, 0.05) is 6.54 Å². The molecule has 0 unspecified atom stereocenters. The van der Waals surface area contributed by atoms with Gasteiger partial charge in [0.25, 0.3) is 0 Å². The van der Waals surface area contributed by atoms with Crippen LogP contribution in [0.5, 0.6) is 0 Å². The van der Waals surface area contributed by atoms with Crippen LogP contribution in [0.25, 0.3) is 0 Å². The van der Waals surface area contributed by atoms with Crippen molar-refractivity contribution in [1.29, 1.82) is 5.41 Å². The van der Waals surface area contributed by atoms with E-state index < -0.39 is 12.0 Å². The fourth-order valence-electron chi connectivity index (χ4n) is 0.669. The predicted octanol–water partition coefficient (Wildman–Crippen LogP) is -2.64. The molecule has 0 aromatic heterocycles. The van der Waals surface area contributed by atoms with E-state index in [9.17, 15) is 4.79 Å². The molecule has 6 nitrogen and oxygen atoms in total. The number of nitrogens with two attached hydrogens (primary N) is 2. The Hall–Kier alpha value is 1.34. The van der Waals surface area contributed by atoms with Gasteiger partial charge in [-0.05, 0) is 12.8 Å². The van der Waals surface area contributed by atoms with Gasteiger partial charge in [0.05, 0.1) is 0 Å². The van der Waals surface area contributed by atoms with Gasteiger partial charge >= 0.3 is 86.9 Å². The van der Waals surface area contributed by atoms with Crippen molar-refractivity contribution in [3.05, 3.63) is 0 Å². The molecular weight excluding hydrogens is 222 g/mol. The van der Waals surface area contributed by atoms with Crippen LogP contribution in [0.3, 0.4) is 0 Å². The van der Waals surface area contributed by atoms with Crippen molar-refractivity contribution < 1.29 is 9.90 Å². The first-order valence-corrected chi connectivity index (χ1v) is 3.60. The van der Waals surface area contributed by atoms with E-state index in [0.717, 1.165) is 0 Å². The molecule has 0 amide bonds. The van der Waals surface area contributed by atoms with Gasteiger partial charge in [0.15, 0.2) is 5.96 Å². The zero-order valence-electron chi connectivity index (χ0n) is 6.71. The molecule has 0 saturated carbocycles. The molecule has 14 heavy (non-hydrogen) atoms. The Balaban J connectivity index is -0.000000605. The summed E-state index contributed by atoms with van der Waals surface area (Å²) in [7, 11) is 0. The second kappa shape index (κ2) is 12.4. The number of rotatable bonds is 5.